The molecule has 0 bridgehead atoms. The summed E-state index contributed by atoms with van der Waals surface area (Å²) in [6.07, 6.45) is 3.23. The number of ether oxygens (including phenoxy) is 1. The van der Waals surface area contributed by atoms with E-state index in [4.69, 9.17) is 16.3 Å². The molecule has 0 saturated carbocycles. The second-order valence-corrected chi connectivity index (χ2v) is 4.51. The predicted molar refractivity (Wildman–Crippen MR) is 68.0 cm³/mol. The molecule has 5 heteroatoms. The van der Waals surface area contributed by atoms with E-state index in [9.17, 15) is 4.39 Å². The van der Waals surface area contributed by atoms with Crippen molar-refractivity contribution in [3.8, 4) is 11.5 Å². The predicted octanol–water partition coefficient (Wildman–Crippen LogP) is 4.51. The number of alkyl halides is 1. The lowest BCUT2D eigenvalue weighted by molar-refractivity contribution is 0.473. The van der Waals surface area contributed by atoms with Gasteiger partial charge in [-0.25, -0.2) is 4.39 Å². The van der Waals surface area contributed by atoms with Crippen molar-refractivity contribution < 1.29 is 9.13 Å². The smallest absolute Gasteiger partial charge is 0.146 e. The third-order valence-electron chi connectivity index (χ3n) is 2.07. The molecule has 0 amide bonds. The minimum absolute atomic E-state index is 0.189. The van der Waals surface area contributed by atoms with Crippen molar-refractivity contribution in [3.05, 3.63) is 52.5 Å². The van der Waals surface area contributed by atoms with Gasteiger partial charge in [0, 0.05) is 16.2 Å². The molecular formula is C12H8BrClFNO. The second kappa shape index (κ2) is 5.47. The molecule has 0 aliphatic rings. The molecule has 2 rings (SSSR count). The number of benzene rings is 1. The molecular weight excluding hydrogens is 308 g/mol. The van der Waals surface area contributed by atoms with Crippen LogP contribution in [0.2, 0.25) is 0 Å². The van der Waals surface area contributed by atoms with Gasteiger partial charge in [0.1, 0.15) is 17.3 Å². The van der Waals surface area contributed by atoms with Crippen LogP contribution in [0, 0.1) is 5.82 Å². The van der Waals surface area contributed by atoms with Gasteiger partial charge in [-0.05, 0) is 40.2 Å². The van der Waals surface area contributed by atoms with Crippen LogP contribution < -0.4 is 4.74 Å². The van der Waals surface area contributed by atoms with E-state index in [-0.39, 0.29) is 11.7 Å². The first-order valence-electron chi connectivity index (χ1n) is 4.82. The van der Waals surface area contributed by atoms with Crippen LogP contribution in [0.25, 0.3) is 0 Å². The van der Waals surface area contributed by atoms with Crippen LogP contribution in [-0.2, 0) is 5.88 Å². The summed E-state index contributed by atoms with van der Waals surface area (Å²) in [5, 5.41) is 0. The van der Waals surface area contributed by atoms with Gasteiger partial charge in [-0.3, -0.25) is 4.98 Å². The zero-order chi connectivity index (χ0) is 12.3. The number of hydrogen-bond donors (Lipinski definition) is 0. The molecule has 0 spiro atoms. The zero-order valence-electron chi connectivity index (χ0n) is 8.66. The average Bonchev–Trinajstić information content (AvgIpc) is 2.31. The highest BCUT2D eigenvalue weighted by molar-refractivity contribution is 9.10. The number of rotatable bonds is 3. The summed E-state index contributed by atoms with van der Waals surface area (Å²) in [6.45, 7) is 0. The van der Waals surface area contributed by atoms with E-state index in [0.717, 1.165) is 4.47 Å². The van der Waals surface area contributed by atoms with Crippen molar-refractivity contribution in [1.29, 1.82) is 0 Å². The highest BCUT2D eigenvalue weighted by atomic mass is 79.9. The Hall–Kier alpha value is -1.13. The largest absolute Gasteiger partial charge is 0.455 e. The molecule has 2 aromatic rings. The van der Waals surface area contributed by atoms with Gasteiger partial charge in [0.05, 0.1) is 12.1 Å². The SMILES string of the molecule is Fc1ccc(Oc2cncc(Br)c2)c(CCl)c1. The Kier molecular flexibility index (Phi) is 3.97. The van der Waals surface area contributed by atoms with Gasteiger partial charge in [0.2, 0.25) is 0 Å². The number of aromatic nitrogens is 1. The summed E-state index contributed by atoms with van der Waals surface area (Å²) >= 11 is 9.02. The molecule has 2 nitrogen and oxygen atoms in total. The highest BCUT2D eigenvalue weighted by Gasteiger charge is 2.06. The Morgan fingerprint density at radius 3 is 2.82 bits per heavy atom. The molecule has 88 valence electrons. The third kappa shape index (κ3) is 3.17. The van der Waals surface area contributed by atoms with Crippen LogP contribution >= 0.6 is 27.5 Å². The van der Waals surface area contributed by atoms with Crippen molar-refractivity contribution in [1.82, 2.24) is 4.98 Å². The van der Waals surface area contributed by atoms with Crippen molar-refractivity contribution >= 4 is 27.5 Å². The number of nitrogens with zero attached hydrogens (tertiary/aromatic N) is 1. The fourth-order valence-electron chi connectivity index (χ4n) is 1.33. The van der Waals surface area contributed by atoms with Gasteiger partial charge in [-0.15, -0.1) is 11.6 Å². The van der Waals surface area contributed by atoms with Gasteiger partial charge < -0.3 is 4.74 Å². The topological polar surface area (TPSA) is 22.1 Å². The van der Waals surface area contributed by atoms with E-state index in [2.05, 4.69) is 20.9 Å². The van der Waals surface area contributed by atoms with Crippen LogP contribution in [0.1, 0.15) is 5.56 Å². The van der Waals surface area contributed by atoms with Crippen LogP contribution in [0.5, 0.6) is 11.5 Å². The van der Waals surface area contributed by atoms with Gasteiger partial charge in [-0.1, -0.05) is 0 Å². The van der Waals surface area contributed by atoms with E-state index in [1.807, 2.05) is 0 Å². The quantitative estimate of drug-likeness (QED) is 0.777. The lowest BCUT2D eigenvalue weighted by atomic mass is 10.2. The molecule has 0 atom stereocenters. The van der Waals surface area contributed by atoms with E-state index in [1.54, 1.807) is 24.5 Å². The molecule has 17 heavy (non-hydrogen) atoms. The first kappa shape index (κ1) is 12.3. The van der Waals surface area contributed by atoms with Crippen LogP contribution in [0.15, 0.2) is 41.1 Å². The number of pyridine rings is 1. The van der Waals surface area contributed by atoms with Gasteiger partial charge in [0.25, 0.3) is 0 Å². The Labute approximate surface area is 112 Å². The Bertz CT molecular complexity index is 536. The Balaban J connectivity index is 2.29. The van der Waals surface area contributed by atoms with E-state index in [0.29, 0.717) is 17.1 Å². The summed E-state index contributed by atoms with van der Waals surface area (Å²) < 4.78 is 19.4. The standard InChI is InChI=1S/C12H8BrClFNO/c13-9-4-11(7-16-6-9)17-12-2-1-10(15)3-8(12)5-14/h1-4,6-7H,5H2. The first-order chi connectivity index (χ1) is 8.19. The molecule has 0 radical (unpaired) electrons. The summed E-state index contributed by atoms with van der Waals surface area (Å²) in [4.78, 5) is 3.97. The normalized spacial score (nSPS) is 10.3. The fraction of sp³-hybridized carbons (Fsp3) is 0.0833. The first-order valence-corrected chi connectivity index (χ1v) is 6.14. The molecule has 0 unspecified atom stereocenters. The Morgan fingerprint density at radius 2 is 2.12 bits per heavy atom. The third-order valence-corrected chi connectivity index (χ3v) is 2.80. The number of hydrogen-bond acceptors (Lipinski definition) is 2. The summed E-state index contributed by atoms with van der Waals surface area (Å²) in [5.41, 5.74) is 0.603. The molecule has 0 aliphatic heterocycles. The zero-order valence-corrected chi connectivity index (χ0v) is 11.0. The highest BCUT2D eigenvalue weighted by Crippen LogP contribution is 2.28. The van der Waals surface area contributed by atoms with Crippen LogP contribution in [-0.4, -0.2) is 4.98 Å². The van der Waals surface area contributed by atoms with Gasteiger partial charge in [-0.2, -0.15) is 0 Å². The maximum atomic E-state index is 13.0. The number of halogens is 3. The van der Waals surface area contributed by atoms with Crippen LogP contribution in [0.3, 0.4) is 0 Å². The van der Waals surface area contributed by atoms with Crippen molar-refractivity contribution in [2.24, 2.45) is 0 Å². The minimum Gasteiger partial charge on any atom is -0.455 e. The molecule has 0 fully saturated rings. The van der Waals surface area contributed by atoms with E-state index >= 15 is 0 Å². The summed E-state index contributed by atoms with van der Waals surface area (Å²) in [7, 11) is 0. The monoisotopic (exact) mass is 315 g/mol. The summed E-state index contributed by atoms with van der Waals surface area (Å²) in [5.74, 6) is 0.952. The summed E-state index contributed by atoms with van der Waals surface area (Å²) in [6, 6.07) is 6.01. The molecule has 0 N–H and O–H groups in total. The van der Waals surface area contributed by atoms with E-state index < -0.39 is 0 Å². The molecule has 0 aliphatic carbocycles. The lowest BCUT2D eigenvalue weighted by Gasteiger charge is -2.09. The lowest BCUT2D eigenvalue weighted by Crippen LogP contribution is -1.91. The minimum atomic E-state index is -0.333. The van der Waals surface area contributed by atoms with Gasteiger partial charge >= 0.3 is 0 Å². The van der Waals surface area contributed by atoms with Crippen LogP contribution in [0.4, 0.5) is 4.39 Å². The second-order valence-electron chi connectivity index (χ2n) is 3.33. The average molecular weight is 317 g/mol. The molecule has 1 aromatic heterocycles. The molecule has 1 aromatic carbocycles. The van der Waals surface area contributed by atoms with Crippen molar-refractivity contribution in [2.45, 2.75) is 5.88 Å². The van der Waals surface area contributed by atoms with Crippen molar-refractivity contribution in [2.75, 3.05) is 0 Å². The maximum absolute atomic E-state index is 13.0. The van der Waals surface area contributed by atoms with E-state index in [1.165, 1.54) is 12.1 Å². The Morgan fingerprint density at radius 1 is 1.29 bits per heavy atom. The molecule has 0 saturated heterocycles. The van der Waals surface area contributed by atoms with Gasteiger partial charge in [0.15, 0.2) is 0 Å². The fourth-order valence-corrected chi connectivity index (χ4v) is 1.88. The molecule has 1 heterocycles. The maximum Gasteiger partial charge on any atom is 0.146 e. The van der Waals surface area contributed by atoms with Crippen molar-refractivity contribution in [3.63, 3.8) is 0 Å².